The van der Waals surface area contributed by atoms with Crippen molar-refractivity contribution in [1.29, 1.82) is 0 Å². The molecule has 0 saturated carbocycles. The van der Waals surface area contributed by atoms with Crippen LogP contribution in [-0.4, -0.2) is 43.7 Å². The van der Waals surface area contributed by atoms with E-state index >= 15 is 0 Å². The van der Waals surface area contributed by atoms with Crippen LogP contribution in [0.15, 0.2) is 66.7 Å². The fraction of sp³-hybridized carbons (Fsp3) is 0.259. The van der Waals surface area contributed by atoms with Gasteiger partial charge in [-0.3, -0.25) is 14.9 Å². The third-order valence-electron chi connectivity index (χ3n) is 6.12. The molecule has 0 aliphatic carbocycles. The molecule has 1 heterocycles. The predicted octanol–water partition coefficient (Wildman–Crippen LogP) is 4.57. The summed E-state index contributed by atoms with van der Waals surface area (Å²) in [6.07, 6.45) is 1.56. The number of amides is 3. The summed E-state index contributed by atoms with van der Waals surface area (Å²) in [4.78, 5) is 38.2. The molecular formula is C27H29N5O5. The topological polar surface area (TPSA) is 126 Å². The van der Waals surface area contributed by atoms with Crippen LogP contribution >= 0.6 is 0 Å². The van der Waals surface area contributed by atoms with Gasteiger partial charge < -0.3 is 25.6 Å². The second-order valence-electron chi connectivity index (χ2n) is 8.66. The molecule has 3 N–H and O–H groups in total. The number of hydrogen-bond acceptors (Lipinski definition) is 6. The minimum absolute atomic E-state index is 0.0666. The maximum Gasteiger partial charge on any atom is 0.323 e. The summed E-state index contributed by atoms with van der Waals surface area (Å²) in [5.74, 6) is -0.232. The Hall–Kier alpha value is -4.44. The molecule has 0 aromatic heterocycles. The number of methoxy groups -OCH3 is 1. The number of nitro benzene ring substituents is 1. The van der Waals surface area contributed by atoms with Gasteiger partial charge in [0.25, 0.3) is 11.6 Å². The number of nitrogens with one attached hydrogen (secondary N) is 3. The van der Waals surface area contributed by atoms with Gasteiger partial charge in [-0.25, -0.2) is 4.79 Å². The number of carbonyl (C=O) groups is 2. The Labute approximate surface area is 214 Å². The Morgan fingerprint density at radius 2 is 1.70 bits per heavy atom. The van der Waals surface area contributed by atoms with E-state index in [1.54, 1.807) is 19.2 Å². The standard InChI is InChI=1S/C27H29N5O5/c1-37-16-4-14-28-26(33)24-17-22(30-27(34)29-21-7-10-23(11-8-21)32(35)36)9-12-25(24)31-15-13-19-5-2-3-6-20(19)18-31/h2-3,5-12,17H,4,13-16,18H2,1H3,(H,28,33)(H2,29,30,34). The molecule has 0 bridgehead atoms. The number of urea groups is 1. The third kappa shape index (κ3) is 6.62. The van der Waals surface area contributed by atoms with Gasteiger partial charge in [0, 0.05) is 62.5 Å². The first kappa shape index (κ1) is 25.6. The molecule has 0 radical (unpaired) electrons. The lowest BCUT2D eigenvalue weighted by atomic mass is 9.98. The smallest absolute Gasteiger partial charge is 0.323 e. The molecule has 192 valence electrons. The van der Waals surface area contributed by atoms with E-state index in [-0.39, 0.29) is 11.6 Å². The van der Waals surface area contributed by atoms with Crippen molar-refractivity contribution >= 4 is 34.7 Å². The summed E-state index contributed by atoms with van der Waals surface area (Å²) in [6.45, 7) is 2.47. The summed E-state index contributed by atoms with van der Waals surface area (Å²) in [7, 11) is 1.62. The molecule has 0 saturated heterocycles. The van der Waals surface area contributed by atoms with Crippen LogP contribution in [0.3, 0.4) is 0 Å². The van der Waals surface area contributed by atoms with Crippen LogP contribution in [-0.2, 0) is 17.7 Å². The predicted molar refractivity (Wildman–Crippen MR) is 142 cm³/mol. The van der Waals surface area contributed by atoms with Crippen LogP contribution in [0, 0.1) is 10.1 Å². The van der Waals surface area contributed by atoms with E-state index in [1.165, 1.54) is 35.4 Å². The highest BCUT2D eigenvalue weighted by atomic mass is 16.6. The minimum Gasteiger partial charge on any atom is -0.385 e. The maximum atomic E-state index is 13.2. The van der Waals surface area contributed by atoms with Crippen molar-refractivity contribution in [2.45, 2.75) is 19.4 Å². The molecule has 37 heavy (non-hydrogen) atoms. The van der Waals surface area contributed by atoms with Gasteiger partial charge in [-0.1, -0.05) is 24.3 Å². The number of ether oxygens (including phenoxy) is 1. The van der Waals surface area contributed by atoms with Crippen molar-refractivity contribution in [2.24, 2.45) is 0 Å². The van der Waals surface area contributed by atoms with Crippen LogP contribution in [0.4, 0.5) is 27.5 Å². The number of fused-ring (bicyclic) bond motifs is 1. The average molecular weight is 504 g/mol. The van der Waals surface area contributed by atoms with Gasteiger partial charge in [0.05, 0.1) is 10.5 Å². The molecule has 4 rings (SSSR count). The first-order chi connectivity index (χ1) is 17.9. The number of benzene rings is 3. The van der Waals surface area contributed by atoms with Crippen LogP contribution in [0.25, 0.3) is 0 Å². The monoisotopic (exact) mass is 503 g/mol. The van der Waals surface area contributed by atoms with Crippen molar-refractivity contribution in [3.05, 3.63) is 93.5 Å². The molecule has 3 amide bonds. The largest absolute Gasteiger partial charge is 0.385 e. The quantitative estimate of drug-likeness (QED) is 0.223. The van der Waals surface area contributed by atoms with E-state index in [9.17, 15) is 19.7 Å². The van der Waals surface area contributed by atoms with Gasteiger partial charge in [0.15, 0.2) is 0 Å². The molecule has 3 aromatic rings. The van der Waals surface area contributed by atoms with Gasteiger partial charge in [0.1, 0.15) is 0 Å². The minimum atomic E-state index is -0.528. The Bertz CT molecular complexity index is 1280. The molecule has 1 aliphatic rings. The number of non-ortho nitro benzene ring substituents is 1. The zero-order valence-corrected chi connectivity index (χ0v) is 20.5. The van der Waals surface area contributed by atoms with Crippen molar-refractivity contribution in [1.82, 2.24) is 5.32 Å². The number of hydrogen-bond donors (Lipinski definition) is 3. The van der Waals surface area contributed by atoms with E-state index < -0.39 is 11.0 Å². The summed E-state index contributed by atoms with van der Waals surface area (Å²) in [5, 5.41) is 19.2. The number of carbonyl (C=O) groups excluding carboxylic acids is 2. The summed E-state index contributed by atoms with van der Waals surface area (Å²) in [5.41, 5.74) is 4.58. The molecule has 0 unspecified atom stereocenters. The Morgan fingerprint density at radius 3 is 2.43 bits per heavy atom. The summed E-state index contributed by atoms with van der Waals surface area (Å²) in [6, 6.07) is 18.6. The second-order valence-corrected chi connectivity index (χ2v) is 8.66. The highest BCUT2D eigenvalue weighted by Gasteiger charge is 2.22. The van der Waals surface area contributed by atoms with Crippen LogP contribution < -0.4 is 20.9 Å². The normalized spacial score (nSPS) is 12.4. The van der Waals surface area contributed by atoms with Crippen LogP contribution in [0.5, 0.6) is 0 Å². The molecule has 10 nitrogen and oxygen atoms in total. The van der Waals surface area contributed by atoms with Gasteiger partial charge in [-0.2, -0.15) is 0 Å². The van der Waals surface area contributed by atoms with E-state index in [2.05, 4.69) is 33.0 Å². The first-order valence-corrected chi connectivity index (χ1v) is 12.0. The average Bonchev–Trinajstić information content (AvgIpc) is 2.91. The zero-order chi connectivity index (χ0) is 26.2. The van der Waals surface area contributed by atoms with Crippen molar-refractivity contribution in [3.63, 3.8) is 0 Å². The fourth-order valence-corrected chi connectivity index (χ4v) is 4.25. The lowest BCUT2D eigenvalue weighted by Crippen LogP contribution is -2.33. The Balaban J connectivity index is 1.51. The molecule has 1 aliphatic heterocycles. The first-order valence-electron chi connectivity index (χ1n) is 12.0. The van der Waals surface area contributed by atoms with E-state index in [0.29, 0.717) is 43.1 Å². The summed E-state index contributed by atoms with van der Waals surface area (Å²) >= 11 is 0. The van der Waals surface area contributed by atoms with Crippen LogP contribution in [0.2, 0.25) is 0 Å². The van der Waals surface area contributed by atoms with Gasteiger partial charge in [-0.15, -0.1) is 0 Å². The Kier molecular flexibility index (Phi) is 8.32. The highest BCUT2D eigenvalue weighted by molar-refractivity contribution is 6.04. The van der Waals surface area contributed by atoms with E-state index in [1.807, 2.05) is 18.2 Å². The lowest BCUT2D eigenvalue weighted by molar-refractivity contribution is -0.384. The number of anilines is 3. The fourth-order valence-electron chi connectivity index (χ4n) is 4.25. The molecular weight excluding hydrogens is 474 g/mol. The molecule has 0 spiro atoms. The molecule has 0 fully saturated rings. The Morgan fingerprint density at radius 1 is 1.00 bits per heavy atom. The maximum absolute atomic E-state index is 13.2. The molecule has 3 aromatic carbocycles. The lowest BCUT2D eigenvalue weighted by Gasteiger charge is -2.32. The van der Waals surface area contributed by atoms with Gasteiger partial charge in [-0.05, 0) is 54.3 Å². The molecule has 10 heteroatoms. The van der Waals surface area contributed by atoms with E-state index in [0.717, 1.165) is 18.7 Å². The molecule has 0 atom stereocenters. The number of rotatable bonds is 9. The summed E-state index contributed by atoms with van der Waals surface area (Å²) < 4.78 is 5.06. The van der Waals surface area contributed by atoms with Crippen molar-refractivity contribution < 1.29 is 19.2 Å². The second kappa shape index (κ2) is 12.0. The van der Waals surface area contributed by atoms with Gasteiger partial charge >= 0.3 is 6.03 Å². The van der Waals surface area contributed by atoms with Crippen molar-refractivity contribution in [3.8, 4) is 0 Å². The number of nitro groups is 1. The van der Waals surface area contributed by atoms with Gasteiger partial charge in [0.2, 0.25) is 0 Å². The third-order valence-corrected chi connectivity index (χ3v) is 6.12. The van der Waals surface area contributed by atoms with Crippen LogP contribution in [0.1, 0.15) is 27.9 Å². The zero-order valence-electron chi connectivity index (χ0n) is 20.5. The number of nitrogens with zero attached hydrogens (tertiary/aromatic N) is 2. The van der Waals surface area contributed by atoms with Crippen molar-refractivity contribution in [2.75, 3.05) is 42.3 Å². The highest BCUT2D eigenvalue weighted by Crippen LogP contribution is 2.30. The SMILES string of the molecule is COCCCNC(=O)c1cc(NC(=O)Nc2ccc([N+](=O)[O-])cc2)ccc1N1CCc2ccccc2C1. The van der Waals surface area contributed by atoms with E-state index in [4.69, 9.17) is 4.74 Å².